The van der Waals surface area contributed by atoms with E-state index < -0.39 is 22.8 Å². The standard InChI is InChI=1S/C30H48O4/c1-8-20(18(2)3)10-9-19(4)22-13-14-23-21-11-12-25-26(31)30(33,27(32)34-7)17-29(25,6)24(21)15-16-28(22,23)5/h12,18-24,33H,8-11,13-17H2,1-7H3/t19-,20+,21+,22-,23+,24+,28-,29-,30+/m1/s1. The van der Waals surface area contributed by atoms with Crippen molar-refractivity contribution >= 4 is 11.8 Å². The Morgan fingerprint density at radius 1 is 1.15 bits per heavy atom. The first-order valence-electron chi connectivity index (χ1n) is 14.0. The van der Waals surface area contributed by atoms with Crippen LogP contribution in [0.3, 0.4) is 0 Å². The number of hydrogen-bond donors (Lipinski definition) is 1. The van der Waals surface area contributed by atoms with Crippen LogP contribution >= 0.6 is 0 Å². The predicted molar refractivity (Wildman–Crippen MR) is 135 cm³/mol. The highest BCUT2D eigenvalue weighted by molar-refractivity contribution is 6.18. The molecule has 0 saturated heterocycles. The van der Waals surface area contributed by atoms with E-state index in [1.165, 1.54) is 45.6 Å². The molecular formula is C30H48O4. The lowest BCUT2D eigenvalue weighted by molar-refractivity contribution is -0.166. The molecule has 4 heteroatoms. The van der Waals surface area contributed by atoms with Gasteiger partial charge in [0.15, 0.2) is 0 Å². The van der Waals surface area contributed by atoms with Crippen LogP contribution < -0.4 is 0 Å². The minimum absolute atomic E-state index is 0.176. The molecule has 4 aliphatic rings. The van der Waals surface area contributed by atoms with Gasteiger partial charge in [0.25, 0.3) is 0 Å². The summed E-state index contributed by atoms with van der Waals surface area (Å²) < 4.78 is 4.85. The van der Waals surface area contributed by atoms with Gasteiger partial charge in [-0.15, -0.1) is 0 Å². The van der Waals surface area contributed by atoms with Gasteiger partial charge in [0, 0.05) is 17.4 Å². The molecule has 9 atom stereocenters. The molecule has 0 amide bonds. The fourth-order valence-electron chi connectivity index (χ4n) is 9.50. The van der Waals surface area contributed by atoms with E-state index in [4.69, 9.17) is 4.74 Å². The minimum Gasteiger partial charge on any atom is -0.467 e. The smallest absolute Gasteiger partial charge is 0.346 e. The molecule has 1 N–H and O–H groups in total. The van der Waals surface area contributed by atoms with Crippen molar-refractivity contribution in [2.45, 2.75) is 105 Å². The summed E-state index contributed by atoms with van der Waals surface area (Å²) in [6.45, 7) is 14.3. The number of rotatable bonds is 7. The van der Waals surface area contributed by atoms with Crippen LogP contribution in [0.25, 0.3) is 0 Å². The lowest BCUT2D eigenvalue weighted by Crippen LogP contribution is -2.49. The number of ether oxygens (including phenoxy) is 1. The number of Topliss-reactive ketones (excluding diaryl/α,β-unsaturated/α-hetero) is 1. The normalized spacial score (nSPS) is 43.1. The summed E-state index contributed by atoms with van der Waals surface area (Å²) in [5.41, 5.74) is -1.39. The summed E-state index contributed by atoms with van der Waals surface area (Å²) in [6.07, 6.45) is 12.0. The summed E-state index contributed by atoms with van der Waals surface area (Å²) in [5.74, 6) is 3.47. The van der Waals surface area contributed by atoms with Crippen molar-refractivity contribution in [2.24, 2.45) is 52.3 Å². The number of esters is 1. The van der Waals surface area contributed by atoms with Gasteiger partial charge >= 0.3 is 5.97 Å². The average molecular weight is 473 g/mol. The zero-order valence-electron chi connectivity index (χ0n) is 22.7. The van der Waals surface area contributed by atoms with Crippen molar-refractivity contribution in [3.05, 3.63) is 11.6 Å². The maximum absolute atomic E-state index is 13.2. The Balaban J connectivity index is 1.53. The first kappa shape index (κ1) is 25.9. The zero-order chi connectivity index (χ0) is 25.1. The van der Waals surface area contributed by atoms with E-state index in [1.807, 2.05) is 0 Å². The molecule has 4 aliphatic carbocycles. The Labute approximate surface area is 207 Å². The molecule has 0 aromatic rings. The van der Waals surface area contributed by atoms with Gasteiger partial charge < -0.3 is 9.84 Å². The summed E-state index contributed by atoms with van der Waals surface area (Å²) in [4.78, 5) is 25.6. The van der Waals surface area contributed by atoms with E-state index in [1.54, 1.807) is 0 Å². The van der Waals surface area contributed by atoms with Gasteiger partial charge in [-0.05, 0) is 85.4 Å². The van der Waals surface area contributed by atoms with Crippen molar-refractivity contribution in [2.75, 3.05) is 7.11 Å². The van der Waals surface area contributed by atoms with Crippen LogP contribution in [-0.4, -0.2) is 29.6 Å². The summed E-state index contributed by atoms with van der Waals surface area (Å²) in [5, 5.41) is 11.1. The zero-order valence-corrected chi connectivity index (χ0v) is 22.7. The first-order chi connectivity index (χ1) is 15.9. The predicted octanol–water partition coefficient (Wildman–Crippen LogP) is 6.36. The number of methoxy groups -OCH3 is 1. The summed E-state index contributed by atoms with van der Waals surface area (Å²) >= 11 is 0. The third-order valence-electron chi connectivity index (χ3n) is 11.5. The van der Waals surface area contributed by atoms with Gasteiger partial charge in [-0.1, -0.05) is 60.5 Å². The van der Waals surface area contributed by atoms with Crippen molar-refractivity contribution < 1.29 is 19.4 Å². The first-order valence-corrected chi connectivity index (χ1v) is 14.0. The molecule has 0 bridgehead atoms. The second-order valence-corrected chi connectivity index (χ2v) is 13.2. The molecule has 34 heavy (non-hydrogen) atoms. The SMILES string of the molecule is CC[C@@H](CC[C@@H](C)[C@H]1CC[C@H]2[C@@H]3CC=C4C(=O)[C@](O)(C(=O)OC)C[C@]4(C)[C@H]3CC[C@]12C)C(C)C. The molecule has 4 nitrogen and oxygen atoms in total. The molecule has 3 saturated carbocycles. The molecule has 0 spiro atoms. The third kappa shape index (κ3) is 3.73. The van der Waals surface area contributed by atoms with Gasteiger partial charge in [0.2, 0.25) is 11.4 Å². The fraction of sp³-hybridized carbons (Fsp3) is 0.867. The molecule has 0 unspecified atom stereocenters. The molecule has 4 rings (SSSR count). The van der Waals surface area contributed by atoms with E-state index in [0.29, 0.717) is 28.7 Å². The molecule has 192 valence electrons. The van der Waals surface area contributed by atoms with Crippen LogP contribution in [0.15, 0.2) is 11.6 Å². The Bertz CT molecular complexity index is 845. The highest BCUT2D eigenvalue weighted by Gasteiger charge is 2.67. The summed E-state index contributed by atoms with van der Waals surface area (Å²) in [7, 11) is 1.25. The second kappa shape index (κ2) is 9.05. The largest absolute Gasteiger partial charge is 0.467 e. The Kier molecular flexibility index (Phi) is 6.90. The Morgan fingerprint density at radius 2 is 1.85 bits per heavy atom. The quantitative estimate of drug-likeness (QED) is 0.346. The van der Waals surface area contributed by atoms with Gasteiger partial charge in [-0.2, -0.15) is 0 Å². The number of carbonyl (C=O) groups excluding carboxylic acids is 2. The van der Waals surface area contributed by atoms with E-state index in [2.05, 4.69) is 47.6 Å². The van der Waals surface area contributed by atoms with Crippen LogP contribution in [0, 0.1) is 52.3 Å². The Hall–Kier alpha value is -1.16. The lowest BCUT2D eigenvalue weighted by atomic mass is 9.49. The second-order valence-electron chi connectivity index (χ2n) is 13.2. The number of fused-ring (bicyclic) bond motifs is 5. The van der Waals surface area contributed by atoms with Crippen LogP contribution in [0.4, 0.5) is 0 Å². The number of hydrogen-bond acceptors (Lipinski definition) is 4. The van der Waals surface area contributed by atoms with Gasteiger partial charge in [0.05, 0.1) is 7.11 Å². The van der Waals surface area contributed by atoms with E-state index >= 15 is 0 Å². The summed E-state index contributed by atoms with van der Waals surface area (Å²) in [6, 6.07) is 0. The van der Waals surface area contributed by atoms with E-state index in [9.17, 15) is 14.7 Å². The molecule has 0 radical (unpaired) electrons. The van der Waals surface area contributed by atoms with Crippen LogP contribution in [0.2, 0.25) is 0 Å². The van der Waals surface area contributed by atoms with Crippen LogP contribution in [0.1, 0.15) is 99.3 Å². The number of carbonyl (C=O) groups is 2. The maximum atomic E-state index is 13.2. The number of aliphatic hydroxyl groups is 1. The van der Waals surface area contributed by atoms with Crippen LogP contribution in [-0.2, 0) is 14.3 Å². The molecule has 0 aromatic carbocycles. The number of allylic oxidation sites excluding steroid dienone is 1. The molecule has 0 heterocycles. The van der Waals surface area contributed by atoms with E-state index in [0.717, 1.165) is 36.5 Å². The highest BCUT2D eigenvalue weighted by Crippen LogP contribution is 2.68. The van der Waals surface area contributed by atoms with Gasteiger partial charge in [0.1, 0.15) is 0 Å². The highest BCUT2D eigenvalue weighted by atomic mass is 16.5. The van der Waals surface area contributed by atoms with Crippen molar-refractivity contribution in [1.82, 2.24) is 0 Å². The molecule has 0 aliphatic heterocycles. The van der Waals surface area contributed by atoms with Gasteiger partial charge in [-0.3, -0.25) is 4.79 Å². The van der Waals surface area contributed by atoms with Crippen molar-refractivity contribution in [3.63, 3.8) is 0 Å². The average Bonchev–Trinajstić information content (AvgIpc) is 3.25. The van der Waals surface area contributed by atoms with Crippen molar-refractivity contribution in [1.29, 1.82) is 0 Å². The minimum atomic E-state index is -2.01. The third-order valence-corrected chi connectivity index (χ3v) is 11.5. The molecular weight excluding hydrogens is 424 g/mol. The maximum Gasteiger partial charge on any atom is 0.346 e. The monoisotopic (exact) mass is 472 g/mol. The van der Waals surface area contributed by atoms with Crippen molar-refractivity contribution in [3.8, 4) is 0 Å². The molecule has 3 fully saturated rings. The lowest BCUT2D eigenvalue weighted by Gasteiger charge is -2.55. The Morgan fingerprint density at radius 3 is 2.47 bits per heavy atom. The van der Waals surface area contributed by atoms with Crippen LogP contribution in [0.5, 0.6) is 0 Å². The topological polar surface area (TPSA) is 63.6 Å². The molecule has 0 aromatic heterocycles. The van der Waals surface area contributed by atoms with E-state index in [-0.39, 0.29) is 6.42 Å². The number of ketones is 1. The fourth-order valence-corrected chi connectivity index (χ4v) is 9.50. The van der Waals surface area contributed by atoms with Gasteiger partial charge in [-0.25, -0.2) is 4.79 Å².